The summed E-state index contributed by atoms with van der Waals surface area (Å²) < 4.78 is 0. The zero-order chi connectivity index (χ0) is 13.8. The van der Waals surface area contributed by atoms with Gasteiger partial charge in [0.25, 0.3) is 0 Å². The third-order valence-corrected chi connectivity index (χ3v) is 4.51. The van der Waals surface area contributed by atoms with Crippen LogP contribution in [0.25, 0.3) is 0 Å². The van der Waals surface area contributed by atoms with Crippen molar-refractivity contribution in [3.8, 4) is 0 Å². The van der Waals surface area contributed by atoms with E-state index in [4.69, 9.17) is 4.98 Å². The second kappa shape index (κ2) is 6.50. The molecule has 110 valence electrons. The summed E-state index contributed by atoms with van der Waals surface area (Å²) in [7, 11) is 1.94. The molecule has 0 radical (unpaired) electrons. The second-order valence-corrected chi connectivity index (χ2v) is 5.86. The standard InChI is InChI=1S/C15H25N5/c1-16-10-13-11-17-12-15(18-13)20-8-6-19(7-9-20)14-4-2-3-5-14/h11-12,14,16H,2-10H2,1H3. The van der Waals surface area contributed by atoms with E-state index < -0.39 is 0 Å². The van der Waals surface area contributed by atoms with Crippen LogP contribution in [0, 0.1) is 0 Å². The molecule has 2 heterocycles. The summed E-state index contributed by atoms with van der Waals surface area (Å²) in [6.07, 6.45) is 9.37. The summed E-state index contributed by atoms with van der Waals surface area (Å²) in [5.74, 6) is 1.03. The molecule has 0 atom stereocenters. The van der Waals surface area contributed by atoms with Crippen molar-refractivity contribution in [1.29, 1.82) is 0 Å². The number of nitrogens with zero attached hydrogens (tertiary/aromatic N) is 4. The average molecular weight is 275 g/mol. The van der Waals surface area contributed by atoms with E-state index >= 15 is 0 Å². The van der Waals surface area contributed by atoms with Crippen LogP contribution >= 0.6 is 0 Å². The average Bonchev–Trinajstić information content (AvgIpc) is 3.02. The Hall–Kier alpha value is -1.20. The van der Waals surface area contributed by atoms with Crippen LogP contribution in [-0.2, 0) is 6.54 Å². The monoisotopic (exact) mass is 275 g/mol. The van der Waals surface area contributed by atoms with Crippen LogP contribution in [-0.4, -0.2) is 54.1 Å². The van der Waals surface area contributed by atoms with E-state index in [1.165, 1.54) is 38.8 Å². The van der Waals surface area contributed by atoms with Crippen LogP contribution in [0.5, 0.6) is 0 Å². The van der Waals surface area contributed by atoms with Crippen molar-refractivity contribution in [3.63, 3.8) is 0 Å². The number of aromatic nitrogens is 2. The highest BCUT2D eigenvalue weighted by Gasteiger charge is 2.26. The van der Waals surface area contributed by atoms with E-state index in [1.54, 1.807) is 0 Å². The molecule has 3 rings (SSSR count). The van der Waals surface area contributed by atoms with Gasteiger partial charge in [-0.05, 0) is 19.9 Å². The molecule has 5 nitrogen and oxygen atoms in total. The van der Waals surface area contributed by atoms with E-state index in [9.17, 15) is 0 Å². The maximum Gasteiger partial charge on any atom is 0.147 e. The first kappa shape index (κ1) is 13.8. The normalized spacial score (nSPS) is 21.6. The van der Waals surface area contributed by atoms with Gasteiger partial charge in [-0.25, -0.2) is 4.98 Å². The smallest absolute Gasteiger partial charge is 0.147 e. The van der Waals surface area contributed by atoms with Gasteiger partial charge >= 0.3 is 0 Å². The van der Waals surface area contributed by atoms with E-state index in [0.717, 1.165) is 37.2 Å². The van der Waals surface area contributed by atoms with E-state index in [-0.39, 0.29) is 0 Å². The summed E-state index contributed by atoms with van der Waals surface area (Å²) in [6, 6.07) is 0.846. The van der Waals surface area contributed by atoms with Gasteiger partial charge in [0.2, 0.25) is 0 Å². The Bertz CT molecular complexity index is 422. The van der Waals surface area contributed by atoms with Gasteiger partial charge in [-0.1, -0.05) is 12.8 Å². The van der Waals surface area contributed by atoms with Gasteiger partial charge in [0.05, 0.1) is 11.9 Å². The third-order valence-electron chi connectivity index (χ3n) is 4.51. The molecule has 2 aliphatic rings. The lowest BCUT2D eigenvalue weighted by molar-refractivity contribution is 0.187. The van der Waals surface area contributed by atoms with Gasteiger partial charge in [-0.3, -0.25) is 9.88 Å². The molecular weight excluding hydrogens is 250 g/mol. The Kier molecular flexibility index (Phi) is 4.47. The topological polar surface area (TPSA) is 44.3 Å². The molecule has 0 unspecified atom stereocenters. The van der Waals surface area contributed by atoms with Crippen molar-refractivity contribution < 1.29 is 0 Å². The largest absolute Gasteiger partial charge is 0.353 e. The van der Waals surface area contributed by atoms with Gasteiger partial charge in [0, 0.05) is 45.0 Å². The fourth-order valence-electron chi connectivity index (χ4n) is 3.40. The molecule has 0 aromatic carbocycles. The Labute approximate surface area is 121 Å². The first-order valence-electron chi connectivity index (χ1n) is 7.81. The Morgan fingerprint density at radius 1 is 1.15 bits per heavy atom. The van der Waals surface area contributed by atoms with Gasteiger partial charge in [-0.15, -0.1) is 0 Å². The number of rotatable bonds is 4. The maximum atomic E-state index is 4.69. The molecule has 1 saturated heterocycles. The lowest BCUT2D eigenvalue weighted by atomic mass is 10.2. The molecule has 1 N–H and O–H groups in total. The van der Waals surface area contributed by atoms with Crippen molar-refractivity contribution in [2.45, 2.75) is 38.3 Å². The number of anilines is 1. The second-order valence-electron chi connectivity index (χ2n) is 5.86. The Morgan fingerprint density at radius 2 is 1.90 bits per heavy atom. The van der Waals surface area contributed by atoms with Crippen molar-refractivity contribution in [2.75, 3.05) is 38.1 Å². The zero-order valence-corrected chi connectivity index (χ0v) is 12.4. The molecule has 20 heavy (non-hydrogen) atoms. The first-order valence-corrected chi connectivity index (χ1v) is 7.81. The molecule has 0 amide bonds. The highest BCUT2D eigenvalue weighted by Crippen LogP contribution is 2.25. The minimum Gasteiger partial charge on any atom is -0.353 e. The molecule has 1 saturated carbocycles. The lowest BCUT2D eigenvalue weighted by Crippen LogP contribution is -2.50. The van der Waals surface area contributed by atoms with Crippen LogP contribution in [0.15, 0.2) is 12.4 Å². The predicted octanol–water partition coefficient (Wildman–Crippen LogP) is 1.26. The fourth-order valence-corrected chi connectivity index (χ4v) is 3.40. The molecular formula is C15H25N5. The third kappa shape index (κ3) is 3.10. The van der Waals surface area contributed by atoms with Gasteiger partial charge < -0.3 is 10.2 Å². The highest BCUT2D eigenvalue weighted by molar-refractivity contribution is 5.37. The molecule has 0 spiro atoms. The molecule has 0 bridgehead atoms. The summed E-state index contributed by atoms with van der Waals surface area (Å²) in [6.45, 7) is 5.27. The van der Waals surface area contributed by atoms with Crippen LogP contribution in [0.4, 0.5) is 5.82 Å². The first-order chi connectivity index (χ1) is 9.86. The highest BCUT2D eigenvalue weighted by atomic mass is 15.3. The van der Waals surface area contributed by atoms with Gasteiger partial charge in [0.15, 0.2) is 0 Å². The molecule has 2 fully saturated rings. The minimum absolute atomic E-state index is 0.781. The summed E-state index contributed by atoms with van der Waals surface area (Å²) in [4.78, 5) is 14.1. The Balaban J connectivity index is 1.58. The molecule has 1 aliphatic carbocycles. The van der Waals surface area contributed by atoms with E-state index in [2.05, 4.69) is 20.1 Å². The summed E-state index contributed by atoms with van der Waals surface area (Å²) in [5.41, 5.74) is 1.02. The van der Waals surface area contributed by atoms with Gasteiger partial charge in [0.1, 0.15) is 5.82 Å². The van der Waals surface area contributed by atoms with Crippen molar-refractivity contribution >= 4 is 5.82 Å². The lowest BCUT2D eigenvalue weighted by Gasteiger charge is -2.38. The van der Waals surface area contributed by atoms with Crippen LogP contribution in [0.3, 0.4) is 0 Å². The number of piperazine rings is 1. The van der Waals surface area contributed by atoms with Crippen molar-refractivity contribution in [3.05, 3.63) is 18.1 Å². The van der Waals surface area contributed by atoms with Crippen LogP contribution in [0.1, 0.15) is 31.4 Å². The quantitative estimate of drug-likeness (QED) is 0.896. The van der Waals surface area contributed by atoms with Crippen molar-refractivity contribution in [2.24, 2.45) is 0 Å². The maximum absolute atomic E-state index is 4.69. The molecule has 1 aliphatic heterocycles. The molecule has 5 heteroatoms. The van der Waals surface area contributed by atoms with Crippen LogP contribution < -0.4 is 10.2 Å². The van der Waals surface area contributed by atoms with E-state index in [1.807, 2.05) is 19.4 Å². The van der Waals surface area contributed by atoms with Crippen LogP contribution in [0.2, 0.25) is 0 Å². The number of hydrogen-bond donors (Lipinski definition) is 1. The predicted molar refractivity (Wildman–Crippen MR) is 80.8 cm³/mol. The minimum atomic E-state index is 0.781. The summed E-state index contributed by atoms with van der Waals surface area (Å²) >= 11 is 0. The Morgan fingerprint density at radius 3 is 2.60 bits per heavy atom. The van der Waals surface area contributed by atoms with E-state index in [0.29, 0.717) is 0 Å². The van der Waals surface area contributed by atoms with Crippen molar-refractivity contribution in [1.82, 2.24) is 20.2 Å². The number of nitrogens with one attached hydrogen (secondary N) is 1. The fraction of sp³-hybridized carbons (Fsp3) is 0.733. The molecule has 1 aromatic heterocycles. The van der Waals surface area contributed by atoms with Gasteiger partial charge in [-0.2, -0.15) is 0 Å². The summed E-state index contributed by atoms with van der Waals surface area (Å²) in [5, 5.41) is 3.13. The SMILES string of the molecule is CNCc1cncc(N2CCN(C3CCCC3)CC2)n1. The number of hydrogen-bond acceptors (Lipinski definition) is 5. The molecule has 1 aromatic rings. The zero-order valence-electron chi connectivity index (χ0n) is 12.4.